The summed E-state index contributed by atoms with van der Waals surface area (Å²) in [5.41, 5.74) is 0. The van der Waals surface area contributed by atoms with E-state index in [-0.39, 0.29) is 0 Å². The Morgan fingerprint density at radius 3 is 2.67 bits per heavy atom. The summed E-state index contributed by atoms with van der Waals surface area (Å²) < 4.78 is 4.73. The van der Waals surface area contributed by atoms with Crippen LogP contribution in [0.1, 0.15) is 24.6 Å². The summed E-state index contributed by atoms with van der Waals surface area (Å²) in [6, 6.07) is 0. The van der Waals surface area contributed by atoms with Gasteiger partial charge in [0.05, 0.1) is 6.10 Å². The monoisotopic (exact) mass is 166 g/mol. The molecular weight excluding hydrogens is 156 g/mol. The molecule has 1 heterocycles. The minimum absolute atomic E-state index is 0.366. The number of aliphatic hydroxyl groups is 1. The van der Waals surface area contributed by atoms with Crippen LogP contribution in [0, 0.1) is 19.3 Å². The van der Waals surface area contributed by atoms with Crippen molar-refractivity contribution >= 4 is 0 Å². The fraction of sp³-hybridized carbons (Fsp3) is 0.500. The zero-order valence-corrected chi connectivity index (χ0v) is 6.98. The van der Waals surface area contributed by atoms with Gasteiger partial charge in [0.1, 0.15) is 5.92 Å². The lowest BCUT2D eigenvalue weighted by molar-refractivity contribution is 0.177. The molecule has 0 bridgehead atoms. The van der Waals surface area contributed by atoms with Crippen molar-refractivity contribution in [3.05, 3.63) is 11.7 Å². The molecule has 0 aliphatic heterocycles. The van der Waals surface area contributed by atoms with Crippen LogP contribution in [-0.4, -0.2) is 21.4 Å². The van der Waals surface area contributed by atoms with Crippen molar-refractivity contribution < 1.29 is 9.63 Å². The van der Waals surface area contributed by atoms with E-state index in [4.69, 9.17) is 10.9 Å². The Kier molecular flexibility index (Phi) is 2.46. The molecule has 0 fully saturated rings. The van der Waals surface area contributed by atoms with Crippen LogP contribution in [0.4, 0.5) is 0 Å². The molecule has 0 aliphatic carbocycles. The van der Waals surface area contributed by atoms with Crippen LogP contribution in [0.3, 0.4) is 0 Å². The summed E-state index contributed by atoms with van der Waals surface area (Å²) in [5.74, 6) is 2.73. The van der Waals surface area contributed by atoms with E-state index < -0.39 is 12.0 Å². The number of hydrogen-bond acceptors (Lipinski definition) is 4. The molecule has 64 valence electrons. The number of aromatic nitrogens is 2. The summed E-state index contributed by atoms with van der Waals surface area (Å²) in [6.07, 6.45) is 4.52. The summed E-state index contributed by atoms with van der Waals surface area (Å²) in [5, 5.41) is 12.8. The Morgan fingerprint density at radius 2 is 2.33 bits per heavy atom. The van der Waals surface area contributed by atoms with Crippen molar-refractivity contribution in [3.63, 3.8) is 0 Å². The van der Waals surface area contributed by atoms with Crippen molar-refractivity contribution in [3.8, 4) is 12.3 Å². The average molecular weight is 166 g/mol. The van der Waals surface area contributed by atoms with Gasteiger partial charge in [0.2, 0.25) is 5.89 Å². The van der Waals surface area contributed by atoms with Gasteiger partial charge in [-0.3, -0.25) is 0 Å². The second kappa shape index (κ2) is 3.37. The molecule has 1 rings (SSSR count). The van der Waals surface area contributed by atoms with Gasteiger partial charge in [0.25, 0.3) is 0 Å². The van der Waals surface area contributed by atoms with Gasteiger partial charge in [-0.2, -0.15) is 4.98 Å². The van der Waals surface area contributed by atoms with Crippen LogP contribution in [0.5, 0.6) is 0 Å². The molecule has 0 saturated carbocycles. The molecule has 0 saturated heterocycles. The standard InChI is InChI=1S/C8H10N2O2/c1-4-7(5(2)11)8-9-6(3)12-10-8/h1,5,7,11H,2-3H3/t5-,7+/m1/s1. The Bertz CT molecular complexity index is 298. The molecule has 4 nitrogen and oxygen atoms in total. The molecule has 0 unspecified atom stereocenters. The van der Waals surface area contributed by atoms with Gasteiger partial charge >= 0.3 is 0 Å². The quantitative estimate of drug-likeness (QED) is 0.649. The lowest BCUT2D eigenvalue weighted by atomic mass is 10.1. The van der Waals surface area contributed by atoms with Crippen LogP contribution in [-0.2, 0) is 0 Å². The number of rotatable bonds is 2. The molecule has 1 aromatic heterocycles. The van der Waals surface area contributed by atoms with Crippen molar-refractivity contribution in [1.82, 2.24) is 10.1 Å². The van der Waals surface area contributed by atoms with E-state index >= 15 is 0 Å². The first kappa shape index (κ1) is 8.75. The number of aryl methyl sites for hydroxylation is 1. The Labute approximate surface area is 70.6 Å². The Balaban J connectivity index is 2.89. The third-order valence-electron chi connectivity index (χ3n) is 1.48. The van der Waals surface area contributed by atoms with Gasteiger partial charge in [0.15, 0.2) is 5.82 Å². The molecule has 0 aliphatic rings. The second-order valence-electron chi connectivity index (χ2n) is 2.56. The molecule has 12 heavy (non-hydrogen) atoms. The van der Waals surface area contributed by atoms with Crippen LogP contribution in [0.2, 0.25) is 0 Å². The SMILES string of the molecule is C#C[C@H](c1noc(C)n1)[C@@H](C)O. The highest BCUT2D eigenvalue weighted by molar-refractivity contribution is 5.13. The predicted octanol–water partition coefficient (Wildman–Crippen LogP) is 0.476. The first-order valence-electron chi connectivity index (χ1n) is 3.59. The van der Waals surface area contributed by atoms with Gasteiger partial charge in [-0.25, -0.2) is 0 Å². The van der Waals surface area contributed by atoms with E-state index in [2.05, 4.69) is 16.1 Å². The molecule has 0 amide bonds. The third-order valence-corrected chi connectivity index (χ3v) is 1.48. The van der Waals surface area contributed by atoms with E-state index in [0.717, 1.165) is 0 Å². The van der Waals surface area contributed by atoms with E-state index in [9.17, 15) is 5.11 Å². The zero-order valence-electron chi connectivity index (χ0n) is 6.98. The lowest BCUT2D eigenvalue weighted by Crippen LogP contribution is -2.14. The Morgan fingerprint density at radius 1 is 1.67 bits per heavy atom. The lowest BCUT2D eigenvalue weighted by Gasteiger charge is -2.07. The van der Waals surface area contributed by atoms with Crippen LogP contribution >= 0.6 is 0 Å². The number of nitrogens with zero attached hydrogens (tertiary/aromatic N) is 2. The first-order valence-corrected chi connectivity index (χ1v) is 3.59. The van der Waals surface area contributed by atoms with E-state index in [1.165, 1.54) is 0 Å². The molecule has 0 aromatic carbocycles. The fourth-order valence-electron chi connectivity index (χ4n) is 0.871. The van der Waals surface area contributed by atoms with Crippen molar-refractivity contribution in [2.75, 3.05) is 0 Å². The fourth-order valence-corrected chi connectivity index (χ4v) is 0.871. The van der Waals surface area contributed by atoms with Gasteiger partial charge < -0.3 is 9.63 Å². The number of terminal acetylenes is 1. The van der Waals surface area contributed by atoms with E-state index in [1.807, 2.05) is 0 Å². The normalized spacial score (nSPS) is 15.2. The summed E-state index contributed by atoms with van der Waals surface area (Å²) in [7, 11) is 0. The average Bonchev–Trinajstić information content (AvgIpc) is 2.37. The molecule has 1 aromatic rings. The van der Waals surface area contributed by atoms with Crippen LogP contribution < -0.4 is 0 Å². The maximum Gasteiger partial charge on any atom is 0.223 e. The van der Waals surface area contributed by atoms with Crippen molar-refractivity contribution in [1.29, 1.82) is 0 Å². The summed E-state index contributed by atoms with van der Waals surface area (Å²) in [6.45, 7) is 3.27. The topological polar surface area (TPSA) is 59.2 Å². The third kappa shape index (κ3) is 1.63. The van der Waals surface area contributed by atoms with Crippen molar-refractivity contribution in [2.45, 2.75) is 25.9 Å². The first-order chi connectivity index (χ1) is 5.65. The minimum atomic E-state index is -0.660. The smallest absolute Gasteiger partial charge is 0.223 e. The van der Waals surface area contributed by atoms with E-state index in [0.29, 0.717) is 11.7 Å². The highest BCUT2D eigenvalue weighted by Crippen LogP contribution is 2.14. The van der Waals surface area contributed by atoms with Gasteiger partial charge in [-0.15, -0.1) is 6.42 Å². The molecule has 1 N–H and O–H groups in total. The predicted molar refractivity (Wildman–Crippen MR) is 42.3 cm³/mol. The molecule has 0 radical (unpaired) electrons. The molecule has 2 atom stereocenters. The number of hydrogen-bond donors (Lipinski definition) is 1. The van der Waals surface area contributed by atoms with Crippen LogP contribution in [0.15, 0.2) is 4.52 Å². The van der Waals surface area contributed by atoms with Crippen LogP contribution in [0.25, 0.3) is 0 Å². The van der Waals surface area contributed by atoms with Crippen molar-refractivity contribution in [2.24, 2.45) is 0 Å². The maximum atomic E-state index is 9.21. The zero-order chi connectivity index (χ0) is 9.14. The number of aliphatic hydroxyl groups excluding tert-OH is 1. The van der Waals surface area contributed by atoms with E-state index in [1.54, 1.807) is 13.8 Å². The molecule has 4 heteroatoms. The van der Waals surface area contributed by atoms with Gasteiger partial charge in [-0.1, -0.05) is 11.1 Å². The summed E-state index contributed by atoms with van der Waals surface area (Å²) >= 11 is 0. The highest BCUT2D eigenvalue weighted by Gasteiger charge is 2.19. The molecular formula is C8H10N2O2. The minimum Gasteiger partial charge on any atom is -0.392 e. The molecule has 0 spiro atoms. The van der Waals surface area contributed by atoms with Gasteiger partial charge in [-0.05, 0) is 6.92 Å². The highest BCUT2D eigenvalue weighted by atomic mass is 16.5. The maximum absolute atomic E-state index is 9.21. The second-order valence-corrected chi connectivity index (χ2v) is 2.56. The largest absolute Gasteiger partial charge is 0.392 e. The van der Waals surface area contributed by atoms with Gasteiger partial charge in [0, 0.05) is 6.92 Å². The summed E-state index contributed by atoms with van der Waals surface area (Å²) in [4.78, 5) is 3.92. The Hall–Kier alpha value is -1.34.